The Hall–Kier alpha value is -2.15. The molecule has 0 aliphatic carbocycles. The van der Waals surface area contributed by atoms with Gasteiger partial charge in [0.1, 0.15) is 12.2 Å². The predicted molar refractivity (Wildman–Crippen MR) is 222 cm³/mol. The highest BCUT2D eigenvalue weighted by Crippen LogP contribution is 2.42. The highest BCUT2D eigenvalue weighted by atomic mass is 28.4. The van der Waals surface area contributed by atoms with Crippen LogP contribution in [-0.2, 0) is 8.85 Å². The Bertz CT molecular complexity index is 1300. The van der Waals surface area contributed by atoms with Gasteiger partial charge in [0.25, 0.3) is 0 Å². The first kappa shape index (κ1) is 48.0. The van der Waals surface area contributed by atoms with E-state index in [1.165, 1.54) is 0 Å². The minimum Gasteiger partial charge on any atom is -0.405 e. The van der Waals surface area contributed by atoms with Crippen molar-refractivity contribution in [3.63, 3.8) is 0 Å². The summed E-state index contributed by atoms with van der Waals surface area (Å²) >= 11 is 0. The van der Waals surface area contributed by atoms with Crippen molar-refractivity contribution in [3.8, 4) is 11.1 Å². The van der Waals surface area contributed by atoms with Crippen LogP contribution in [0.1, 0.15) is 130 Å². The number of rotatable bonds is 21. The monoisotopic (exact) mass is 798 g/mol. The molecule has 2 aromatic rings. The van der Waals surface area contributed by atoms with E-state index >= 15 is 0 Å². The maximum absolute atomic E-state index is 13.6. The molecule has 0 saturated carbocycles. The molecule has 0 aromatic heterocycles. The predicted octanol–water partition coefficient (Wildman–Crippen LogP) is 16.0. The number of hydrogen-bond donors (Lipinski definition) is 0. The normalized spacial score (nSPS) is 15.0. The molecule has 0 bridgehead atoms. The van der Waals surface area contributed by atoms with Crippen LogP contribution in [0.5, 0.6) is 0 Å². The fraction of sp³-hybridized carbons (Fsp3) is 0.636. The molecule has 0 spiro atoms. The van der Waals surface area contributed by atoms with Gasteiger partial charge in [-0.05, 0) is 97.0 Å². The molecule has 2 atom stereocenters. The van der Waals surface area contributed by atoms with Crippen LogP contribution in [0.3, 0.4) is 0 Å². The van der Waals surface area contributed by atoms with Gasteiger partial charge in [0, 0.05) is 0 Å². The van der Waals surface area contributed by atoms with Crippen LogP contribution in [-0.4, -0.2) is 41.2 Å². The molecule has 2 nitrogen and oxygen atoms in total. The van der Waals surface area contributed by atoms with Crippen molar-refractivity contribution in [1.82, 2.24) is 0 Å². The third-order valence-electron chi connectivity index (χ3n) is 11.2. The molecule has 0 unspecified atom stereocenters. The van der Waals surface area contributed by atoms with E-state index < -0.39 is 41.2 Å². The lowest BCUT2D eigenvalue weighted by molar-refractivity contribution is -0.200. The fourth-order valence-corrected chi connectivity index (χ4v) is 8.18. The number of alkyl halides is 6. The zero-order valence-corrected chi connectivity index (χ0v) is 36.7. The number of hydrogen-bond acceptors (Lipinski definition) is 2. The zero-order chi connectivity index (χ0) is 40.8. The Labute approximate surface area is 325 Å². The highest BCUT2D eigenvalue weighted by molar-refractivity contribution is 6.74. The van der Waals surface area contributed by atoms with Crippen molar-refractivity contribution >= 4 is 28.8 Å². The van der Waals surface area contributed by atoms with Gasteiger partial charge in [-0.2, -0.15) is 26.3 Å². The number of halogens is 6. The second kappa shape index (κ2) is 20.9. The van der Waals surface area contributed by atoms with Crippen LogP contribution in [0.25, 0.3) is 23.3 Å². The van der Waals surface area contributed by atoms with E-state index in [2.05, 4.69) is 72.8 Å². The first-order chi connectivity index (χ1) is 24.8. The second-order valence-electron chi connectivity index (χ2n) is 17.8. The largest absolute Gasteiger partial charge is 0.413 e. The van der Waals surface area contributed by atoms with Gasteiger partial charge in [0.05, 0.1) is 0 Å². The van der Waals surface area contributed by atoms with E-state index in [0.29, 0.717) is 12.8 Å². The van der Waals surface area contributed by atoms with Crippen molar-refractivity contribution in [2.24, 2.45) is 0 Å². The first-order valence-corrected chi connectivity index (χ1v) is 25.7. The lowest BCUT2D eigenvalue weighted by Crippen LogP contribution is -2.48. The number of benzene rings is 2. The molecule has 0 fully saturated rings. The molecule has 2 aromatic carbocycles. The molecular weight excluding hydrogens is 731 g/mol. The summed E-state index contributed by atoms with van der Waals surface area (Å²) in [6, 6.07) is 16.8. The van der Waals surface area contributed by atoms with Crippen LogP contribution in [0.15, 0.2) is 60.7 Å². The Morgan fingerprint density at radius 1 is 0.481 bits per heavy atom. The molecule has 0 aliphatic heterocycles. The van der Waals surface area contributed by atoms with Gasteiger partial charge < -0.3 is 8.85 Å². The zero-order valence-electron chi connectivity index (χ0n) is 34.7. The van der Waals surface area contributed by atoms with Crippen molar-refractivity contribution in [2.45, 2.75) is 179 Å². The van der Waals surface area contributed by atoms with Crippen LogP contribution >= 0.6 is 0 Å². The third kappa shape index (κ3) is 16.9. The standard InChI is InChI=1S/C44H68F6O2Si2/c1-41(2,3)53(7,8)51-39(43(45,46)47)25-21-17-13-11-15-19-23-35-27-31-37(32-28-35)38-33-29-36(30-34-38)24-20-16-12-14-18-22-26-40(44(48,49)50)52-54(9,10)42(4,5)6/h19-20,23-24,27-34,39-40H,11-18,21-22,25-26H2,1-10H3/b23-19+,24-20+/t39-,40-/m1/s1. The number of unbranched alkanes of at least 4 members (excludes halogenated alkanes) is 8. The van der Waals surface area contributed by atoms with Crippen molar-refractivity contribution in [3.05, 3.63) is 71.8 Å². The molecule has 306 valence electrons. The third-order valence-corrected chi connectivity index (χ3v) is 20.1. The SMILES string of the molecule is CC(C)(C)[Si](C)(C)O[C@H](CCCCCC/C=C/c1ccc(-c2ccc(/C=C/CCCCCC[C@@H](O[Si](C)(C)C(C)(C)C)C(F)(F)F)cc2)cc1)C(F)(F)F. The minimum atomic E-state index is -4.33. The lowest BCUT2D eigenvalue weighted by atomic mass is 10.0. The van der Waals surface area contributed by atoms with Gasteiger partial charge >= 0.3 is 12.4 Å². The summed E-state index contributed by atoms with van der Waals surface area (Å²) in [5.74, 6) is 0. The molecule has 2 rings (SSSR count). The van der Waals surface area contributed by atoms with E-state index in [0.717, 1.165) is 73.6 Å². The van der Waals surface area contributed by atoms with Gasteiger partial charge in [-0.25, -0.2) is 0 Å². The highest BCUT2D eigenvalue weighted by Gasteiger charge is 2.48. The van der Waals surface area contributed by atoms with Crippen LogP contribution in [0.2, 0.25) is 36.3 Å². The van der Waals surface area contributed by atoms with E-state index in [4.69, 9.17) is 8.85 Å². The van der Waals surface area contributed by atoms with Crippen molar-refractivity contribution < 1.29 is 35.2 Å². The quantitative estimate of drug-likeness (QED) is 0.0711. The van der Waals surface area contributed by atoms with Gasteiger partial charge in [0.15, 0.2) is 16.6 Å². The number of allylic oxidation sites excluding steroid dienone is 2. The lowest BCUT2D eigenvalue weighted by Gasteiger charge is -2.39. The minimum absolute atomic E-state index is 0.0225. The maximum Gasteiger partial charge on any atom is 0.413 e. The average molecular weight is 799 g/mol. The van der Waals surface area contributed by atoms with Crippen LogP contribution < -0.4 is 0 Å². The topological polar surface area (TPSA) is 18.5 Å². The van der Waals surface area contributed by atoms with E-state index in [1.54, 1.807) is 0 Å². The summed E-state index contributed by atoms with van der Waals surface area (Å²) in [4.78, 5) is 0. The summed E-state index contributed by atoms with van der Waals surface area (Å²) in [6.45, 7) is 19.2. The summed E-state index contributed by atoms with van der Waals surface area (Å²) in [7, 11) is -5.00. The average Bonchev–Trinajstić information content (AvgIpc) is 3.04. The summed E-state index contributed by atoms with van der Waals surface area (Å²) < 4.78 is 93.4. The molecular formula is C44H68F6O2Si2. The van der Waals surface area contributed by atoms with Gasteiger partial charge in [-0.15, -0.1) is 0 Å². The van der Waals surface area contributed by atoms with Gasteiger partial charge in [-0.3, -0.25) is 0 Å². The van der Waals surface area contributed by atoms with Crippen molar-refractivity contribution in [2.75, 3.05) is 0 Å². The summed E-state index contributed by atoms with van der Waals surface area (Å²) in [5.41, 5.74) is 4.46. The first-order valence-electron chi connectivity index (χ1n) is 19.9. The fourth-order valence-electron chi connectivity index (χ4n) is 5.55. The second-order valence-corrected chi connectivity index (χ2v) is 27.4. The van der Waals surface area contributed by atoms with Crippen LogP contribution in [0, 0.1) is 0 Å². The molecule has 0 aliphatic rings. The van der Waals surface area contributed by atoms with Gasteiger partial charge in [0.2, 0.25) is 0 Å². The van der Waals surface area contributed by atoms with Crippen LogP contribution in [0.4, 0.5) is 26.3 Å². The molecule has 10 heteroatoms. The molecule has 0 radical (unpaired) electrons. The molecule has 0 heterocycles. The Balaban J connectivity index is 1.69. The summed E-state index contributed by atoms with van der Waals surface area (Å²) in [5, 5.41) is -0.526. The smallest absolute Gasteiger partial charge is 0.405 e. The Morgan fingerprint density at radius 3 is 1.06 bits per heavy atom. The van der Waals surface area contributed by atoms with E-state index in [1.807, 2.05) is 67.7 Å². The molecule has 0 amide bonds. The molecule has 0 N–H and O–H groups in total. The Kier molecular flexibility index (Phi) is 18.5. The Morgan fingerprint density at radius 2 is 0.778 bits per heavy atom. The van der Waals surface area contributed by atoms with E-state index in [-0.39, 0.29) is 22.9 Å². The van der Waals surface area contributed by atoms with Gasteiger partial charge in [-0.1, -0.05) is 153 Å². The van der Waals surface area contributed by atoms with E-state index in [9.17, 15) is 26.3 Å². The molecule has 54 heavy (non-hydrogen) atoms. The molecule has 0 saturated heterocycles. The van der Waals surface area contributed by atoms with Crippen molar-refractivity contribution in [1.29, 1.82) is 0 Å². The summed E-state index contributed by atoms with van der Waals surface area (Å²) in [6.07, 6.45) is 4.43. The maximum atomic E-state index is 13.6.